The first-order chi connectivity index (χ1) is 30.7. The van der Waals surface area contributed by atoms with E-state index in [1.54, 1.807) is 0 Å². The van der Waals surface area contributed by atoms with Crippen molar-refractivity contribution in [3.8, 4) is 23.5 Å². The van der Waals surface area contributed by atoms with E-state index in [4.69, 9.17) is 0 Å². The molecule has 6 nitrogen and oxygen atoms in total. The van der Waals surface area contributed by atoms with Gasteiger partial charge in [-0.1, -0.05) is 60.7 Å². The minimum absolute atomic E-state index is 0.615. The van der Waals surface area contributed by atoms with Crippen LogP contribution in [0.4, 0.5) is 28.4 Å². The minimum Gasteiger partial charge on any atom is -0.314 e. The van der Waals surface area contributed by atoms with Crippen LogP contribution in [0.15, 0.2) is 188 Å². The third-order valence-corrected chi connectivity index (χ3v) is 12.3. The van der Waals surface area contributed by atoms with Crippen LogP contribution >= 0.6 is 0 Å². The molecule has 2 heterocycles. The van der Waals surface area contributed by atoms with E-state index in [-0.39, 0.29) is 0 Å². The fourth-order valence-corrected chi connectivity index (χ4v) is 9.53. The maximum atomic E-state index is 9.71. The van der Waals surface area contributed by atoms with Crippen molar-refractivity contribution < 1.29 is 0 Å². The highest BCUT2D eigenvalue weighted by Gasteiger charge is 2.28. The quantitative estimate of drug-likeness (QED) is 0.154. The number of nitrogens with zero attached hydrogens (tertiary/aromatic N) is 6. The summed E-state index contributed by atoms with van der Waals surface area (Å²) in [5, 5.41) is 21.8. The first-order valence-corrected chi connectivity index (χ1v) is 21.1. The van der Waals surface area contributed by atoms with Gasteiger partial charge in [-0.2, -0.15) is 10.5 Å². The molecule has 0 radical (unpaired) electrons. The topological polar surface area (TPSA) is 63.9 Å². The molecule has 2 aromatic heterocycles. The van der Waals surface area contributed by atoms with Gasteiger partial charge < -0.3 is 18.9 Å². The van der Waals surface area contributed by atoms with Crippen molar-refractivity contribution in [1.82, 2.24) is 9.13 Å². The van der Waals surface area contributed by atoms with Crippen molar-refractivity contribution in [1.29, 1.82) is 10.5 Å². The van der Waals surface area contributed by atoms with Crippen molar-refractivity contribution in [2.45, 2.75) is 25.7 Å². The monoisotopic (exact) mass is 796 g/mol. The Morgan fingerprint density at radius 2 is 1.00 bits per heavy atom. The Morgan fingerprint density at radius 1 is 0.468 bits per heavy atom. The molecule has 0 saturated carbocycles. The summed E-state index contributed by atoms with van der Waals surface area (Å²) in [6, 6.07) is 65.6. The van der Waals surface area contributed by atoms with Crippen LogP contribution in [0.25, 0.3) is 45.3 Å². The standard InChI is InChI=1S/C56H40N6/c57-37-39-19-23-43(24-20-39)59(47-31-33-55-51(35-47)49-15-7-9-17-53(49)61(55)41-11-3-1-4-12-41)45-27-29-46(30-28-45)60(44-25-21-40(38-58)22-26-44)48-32-34-56-52(36-48)50-16-8-10-18-54(50)62(56)42-13-5-2-6-14-42/h1-7,9-15,17-31,33,35-36H,8,16,32,34H2. The lowest BCUT2D eigenvalue weighted by atomic mass is 9.93. The first-order valence-electron chi connectivity index (χ1n) is 21.1. The Bertz CT molecular complexity index is 3280. The Kier molecular flexibility index (Phi) is 9.11. The molecule has 0 bridgehead atoms. The molecular weight excluding hydrogens is 757 g/mol. The van der Waals surface area contributed by atoms with Gasteiger partial charge in [0.1, 0.15) is 0 Å². The maximum absolute atomic E-state index is 9.71. The molecule has 2 aliphatic carbocycles. The molecule has 0 spiro atoms. The molecule has 0 unspecified atom stereocenters. The van der Waals surface area contributed by atoms with E-state index in [1.165, 1.54) is 39.3 Å². The van der Waals surface area contributed by atoms with Gasteiger partial charge in [0.05, 0.1) is 34.3 Å². The zero-order valence-corrected chi connectivity index (χ0v) is 34.0. The molecule has 62 heavy (non-hydrogen) atoms. The van der Waals surface area contributed by atoms with Crippen molar-refractivity contribution in [3.05, 3.63) is 221 Å². The molecular formula is C56H40N6. The van der Waals surface area contributed by atoms with Crippen LogP contribution in [-0.4, -0.2) is 9.13 Å². The highest BCUT2D eigenvalue weighted by atomic mass is 15.2. The molecule has 0 saturated heterocycles. The molecule has 2 aliphatic rings. The zero-order chi connectivity index (χ0) is 41.6. The molecule has 0 atom stereocenters. The van der Waals surface area contributed by atoms with Crippen LogP contribution in [0.3, 0.4) is 0 Å². The van der Waals surface area contributed by atoms with E-state index >= 15 is 0 Å². The molecule has 0 aliphatic heterocycles. The number of fused-ring (bicyclic) bond motifs is 6. The second-order valence-electron chi connectivity index (χ2n) is 15.9. The normalized spacial score (nSPS) is 12.9. The number of benzene rings is 7. The van der Waals surface area contributed by atoms with Gasteiger partial charge in [0, 0.05) is 73.2 Å². The van der Waals surface area contributed by atoms with Crippen LogP contribution in [0.5, 0.6) is 0 Å². The van der Waals surface area contributed by atoms with Crippen molar-refractivity contribution >= 4 is 62.4 Å². The number of hydrogen-bond donors (Lipinski definition) is 0. The van der Waals surface area contributed by atoms with Gasteiger partial charge >= 0.3 is 0 Å². The Hall–Kier alpha value is -8.32. The number of aromatic nitrogens is 2. The number of para-hydroxylation sites is 3. The SMILES string of the molecule is N#Cc1ccc(N(C2=Cc3c4c(n(-c5ccccc5)c3CC2)C=CCC4)c2ccc(N(c3ccc(C#N)cc3)c3ccc4c(c3)c3ccccc3n4-c3ccccc3)cc2)cc1. The smallest absolute Gasteiger partial charge is 0.0991 e. The summed E-state index contributed by atoms with van der Waals surface area (Å²) in [5.74, 6) is 0. The van der Waals surface area contributed by atoms with E-state index in [0.29, 0.717) is 11.1 Å². The lowest BCUT2D eigenvalue weighted by Crippen LogP contribution is -2.20. The second-order valence-corrected chi connectivity index (χ2v) is 15.9. The van der Waals surface area contributed by atoms with Gasteiger partial charge in [-0.05, 0) is 165 Å². The van der Waals surface area contributed by atoms with E-state index < -0.39 is 0 Å². The van der Waals surface area contributed by atoms with Crippen LogP contribution in [0.1, 0.15) is 46.5 Å². The highest BCUT2D eigenvalue weighted by Crippen LogP contribution is 2.44. The van der Waals surface area contributed by atoms with Crippen LogP contribution in [0, 0.1) is 22.7 Å². The number of rotatable bonds is 8. The largest absolute Gasteiger partial charge is 0.314 e. The zero-order valence-electron chi connectivity index (χ0n) is 34.0. The van der Waals surface area contributed by atoms with Crippen LogP contribution in [0.2, 0.25) is 0 Å². The molecule has 0 amide bonds. The van der Waals surface area contributed by atoms with Gasteiger partial charge in [0.2, 0.25) is 0 Å². The average molecular weight is 797 g/mol. The number of allylic oxidation sites excluding steroid dienone is 2. The lowest BCUT2D eigenvalue weighted by molar-refractivity contribution is 0.826. The number of hydrogen-bond acceptors (Lipinski definition) is 4. The predicted octanol–water partition coefficient (Wildman–Crippen LogP) is 13.9. The van der Waals surface area contributed by atoms with Crippen molar-refractivity contribution in [2.75, 3.05) is 9.80 Å². The van der Waals surface area contributed by atoms with Crippen molar-refractivity contribution in [3.63, 3.8) is 0 Å². The minimum atomic E-state index is 0.615. The van der Waals surface area contributed by atoms with E-state index in [2.05, 4.69) is 189 Å². The molecule has 294 valence electrons. The molecule has 7 aromatic carbocycles. The summed E-state index contributed by atoms with van der Waals surface area (Å²) in [5.41, 5.74) is 17.4. The molecule has 0 N–H and O–H groups in total. The van der Waals surface area contributed by atoms with Crippen LogP contribution in [-0.2, 0) is 12.8 Å². The van der Waals surface area contributed by atoms with Gasteiger partial charge in [0.25, 0.3) is 0 Å². The molecule has 9 aromatic rings. The van der Waals surface area contributed by atoms with Gasteiger partial charge in [-0.15, -0.1) is 0 Å². The van der Waals surface area contributed by atoms with E-state index in [9.17, 15) is 10.5 Å². The molecule has 6 heteroatoms. The Morgan fingerprint density at radius 3 is 1.63 bits per heavy atom. The summed E-state index contributed by atoms with van der Waals surface area (Å²) in [4.78, 5) is 4.62. The lowest BCUT2D eigenvalue weighted by Gasteiger charge is -2.31. The summed E-state index contributed by atoms with van der Waals surface area (Å²) in [7, 11) is 0. The van der Waals surface area contributed by atoms with Gasteiger partial charge in [-0.25, -0.2) is 0 Å². The van der Waals surface area contributed by atoms with Crippen LogP contribution < -0.4 is 9.80 Å². The van der Waals surface area contributed by atoms with Crippen molar-refractivity contribution in [2.24, 2.45) is 0 Å². The average Bonchev–Trinajstić information content (AvgIpc) is 3.85. The molecule has 0 fully saturated rings. The summed E-state index contributed by atoms with van der Waals surface area (Å²) in [6.07, 6.45) is 10.8. The fraction of sp³-hybridized carbons (Fsp3) is 0.0714. The van der Waals surface area contributed by atoms with Gasteiger partial charge in [-0.3, -0.25) is 0 Å². The van der Waals surface area contributed by atoms with E-state index in [0.717, 1.165) is 76.2 Å². The Labute approximate surface area is 361 Å². The highest BCUT2D eigenvalue weighted by molar-refractivity contribution is 6.10. The predicted molar refractivity (Wildman–Crippen MR) is 253 cm³/mol. The number of anilines is 5. The first kappa shape index (κ1) is 36.7. The third-order valence-electron chi connectivity index (χ3n) is 12.3. The number of nitriles is 2. The summed E-state index contributed by atoms with van der Waals surface area (Å²) >= 11 is 0. The van der Waals surface area contributed by atoms with Gasteiger partial charge in [0.15, 0.2) is 0 Å². The summed E-state index contributed by atoms with van der Waals surface area (Å²) in [6.45, 7) is 0. The molecule has 11 rings (SSSR count). The fourth-order valence-electron chi connectivity index (χ4n) is 9.53. The summed E-state index contributed by atoms with van der Waals surface area (Å²) < 4.78 is 4.79. The Balaban J connectivity index is 1.04. The maximum Gasteiger partial charge on any atom is 0.0991 e. The second kappa shape index (κ2) is 15.4. The van der Waals surface area contributed by atoms with E-state index in [1.807, 2.05) is 36.4 Å². The third kappa shape index (κ3) is 6.25.